The molecule has 2 fully saturated rings. The van der Waals surface area contributed by atoms with Crippen LogP contribution in [-0.2, 0) is 4.79 Å². The lowest BCUT2D eigenvalue weighted by molar-refractivity contribution is -0.123. The first-order chi connectivity index (χ1) is 16.8. The van der Waals surface area contributed by atoms with E-state index in [1.807, 2.05) is 13.0 Å². The van der Waals surface area contributed by atoms with E-state index in [0.29, 0.717) is 28.7 Å². The Labute approximate surface area is 209 Å². The van der Waals surface area contributed by atoms with Crippen LogP contribution in [0.15, 0.2) is 30.3 Å². The van der Waals surface area contributed by atoms with Gasteiger partial charge in [0.15, 0.2) is 0 Å². The second-order valence-electron chi connectivity index (χ2n) is 9.48. The lowest BCUT2D eigenvalue weighted by Gasteiger charge is -2.21. The van der Waals surface area contributed by atoms with Gasteiger partial charge in [0.05, 0.1) is 29.3 Å². The molecule has 4 rings (SSSR count). The van der Waals surface area contributed by atoms with Crippen molar-refractivity contribution < 1.29 is 24.2 Å². The number of hydrogen-bond acceptors (Lipinski definition) is 6. The van der Waals surface area contributed by atoms with Gasteiger partial charge in [-0.1, -0.05) is 25.7 Å². The van der Waals surface area contributed by atoms with Gasteiger partial charge in [-0.25, -0.2) is 4.79 Å². The normalized spacial score (nSPS) is 17.4. The van der Waals surface area contributed by atoms with Crippen molar-refractivity contribution in [3.8, 4) is 5.75 Å². The van der Waals surface area contributed by atoms with Gasteiger partial charge in [-0.3, -0.25) is 9.59 Å². The summed E-state index contributed by atoms with van der Waals surface area (Å²) in [5.74, 6) is -0.353. The van der Waals surface area contributed by atoms with Gasteiger partial charge in [0.2, 0.25) is 5.91 Å². The fourth-order valence-corrected chi connectivity index (χ4v) is 5.45. The van der Waals surface area contributed by atoms with Crippen LogP contribution in [0.2, 0.25) is 0 Å². The predicted molar refractivity (Wildman–Crippen MR) is 135 cm³/mol. The van der Waals surface area contributed by atoms with Crippen LogP contribution < -0.4 is 20.7 Å². The van der Waals surface area contributed by atoms with Crippen LogP contribution >= 0.6 is 11.3 Å². The van der Waals surface area contributed by atoms with Gasteiger partial charge < -0.3 is 25.8 Å². The van der Waals surface area contributed by atoms with Crippen LogP contribution in [0.5, 0.6) is 5.75 Å². The number of nitrogens with one attached hydrogen (secondary N) is 3. The molecule has 1 aromatic carbocycles. The zero-order chi connectivity index (χ0) is 24.9. The highest BCUT2D eigenvalue weighted by atomic mass is 32.1. The number of carboxylic acids is 1. The molecule has 2 aromatic rings. The minimum Gasteiger partial charge on any atom is -0.497 e. The number of anilines is 1. The van der Waals surface area contributed by atoms with E-state index in [9.17, 15) is 19.5 Å². The summed E-state index contributed by atoms with van der Waals surface area (Å²) in [6, 6.07) is 7.85. The molecule has 2 atom stereocenters. The SMILES string of the molecule is COc1ccc(C(=O)O)c(NC(C)c2ccc(C(=O)NC(CC3CCCC3)C(=O)NC3CC3)s2)c1. The van der Waals surface area contributed by atoms with Gasteiger partial charge in [-0.2, -0.15) is 0 Å². The molecule has 2 amide bonds. The lowest BCUT2D eigenvalue weighted by Crippen LogP contribution is -2.48. The van der Waals surface area contributed by atoms with Crippen molar-refractivity contribution in [2.24, 2.45) is 5.92 Å². The topological polar surface area (TPSA) is 117 Å². The highest BCUT2D eigenvalue weighted by molar-refractivity contribution is 7.14. The van der Waals surface area contributed by atoms with E-state index in [1.165, 1.54) is 37.4 Å². The number of thiophene rings is 1. The fraction of sp³-hybridized carbons (Fsp3) is 0.500. The fourth-order valence-electron chi connectivity index (χ4n) is 4.54. The number of carboxylic acid groups (broad SMARTS) is 1. The summed E-state index contributed by atoms with van der Waals surface area (Å²) in [6.45, 7) is 1.91. The minimum absolute atomic E-state index is 0.0845. The molecular weight excluding hydrogens is 466 g/mol. The maximum atomic E-state index is 13.1. The van der Waals surface area contributed by atoms with E-state index < -0.39 is 12.0 Å². The standard InChI is InChI=1S/C26H33N3O5S/c1-15(27-20-14-18(34-2)9-10-19(20)26(32)33)22-11-12-23(35-22)25(31)29-21(13-16-5-3-4-6-16)24(30)28-17-7-8-17/h9-12,14-17,21,27H,3-8,13H2,1-2H3,(H,28,30)(H,29,31)(H,32,33). The Balaban J connectivity index is 1.43. The monoisotopic (exact) mass is 499 g/mol. The van der Waals surface area contributed by atoms with Crippen molar-refractivity contribution in [2.45, 2.75) is 70.0 Å². The van der Waals surface area contributed by atoms with Crippen LogP contribution in [0.3, 0.4) is 0 Å². The smallest absolute Gasteiger partial charge is 0.337 e. The summed E-state index contributed by atoms with van der Waals surface area (Å²) in [5.41, 5.74) is 0.584. The molecule has 0 aliphatic heterocycles. The summed E-state index contributed by atoms with van der Waals surface area (Å²) in [4.78, 5) is 38.9. The van der Waals surface area contributed by atoms with Crippen molar-refractivity contribution in [1.82, 2.24) is 10.6 Å². The molecule has 9 heteroatoms. The number of hydrogen-bond donors (Lipinski definition) is 4. The molecule has 8 nitrogen and oxygen atoms in total. The summed E-state index contributed by atoms with van der Waals surface area (Å²) >= 11 is 1.33. The Morgan fingerprint density at radius 3 is 2.51 bits per heavy atom. The van der Waals surface area contributed by atoms with Gasteiger partial charge in [0.25, 0.3) is 5.91 Å². The summed E-state index contributed by atoms with van der Waals surface area (Å²) in [5, 5.41) is 18.8. The number of rotatable bonds is 11. The molecule has 0 saturated heterocycles. The van der Waals surface area contributed by atoms with Crippen LogP contribution in [0.4, 0.5) is 5.69 Å². The van der Waals surface area contributed by atoms with Crippen LogP contribution in [0, 0.1) is 5.92 Å². The molecular formula is C26H33N3O5S. The van der Waals surface area contributed by atoms with Crippen molar-refractivity contribution in [3.05, 3.63) is 45.6 Å². The third-order valence-electron chi connectivity index (χ3n) is 6.70. The highest BCUT2D eigenvalue weighted by Crippen LogP contribution is 2.31. The van der Waals surface area contributed by atoms with E-state index in [1.54, 1.807) is 18.2 Å². The van der Waals surface area contributed by atoms with Crippen LogP contribution in [-0.4, -0.2) is 42.1 Å². The second kappa shape index (κ2) is 11.1. The number of ether oxygens (including phenoxy) is 1. The first-order valence-electron chi connectivity index (χ1n) is 12.2. The van der Waals surface area contributed by atoms with Crippen molar-refractivity contribution in [2.75, 3.05) is 12.4 Å². The maximum absolute atomic E-state index is 13.1. The Morgan fingerprint density at radius 2 is 1.86 bits per heavy atom. The summed E-state index contributed by atoms with van der Waals surface area (Å²) in [6.07, 6.45) is 7.28. The molecule has 2 saturated carbocycles. The highest BCUT2D eigenvalue weighted by Gasteiger charge is 2.31. The van der Waals surface area contributed by atoms with Gasteiger partial charge in [0.1, 0.15) is 11.8 Å². The van der Waals surface area contributed by atoms with Crippen molar-refractivity contribution in [1.29, 1.82) is 0 Å². The number of carbonyl (C=O) groups is 3. The van der Waals surface area contributed by atoms with E-state index in [4.69, 9.17) is 4.74 Å². The lowest BCUT2D eigenvalue weighted by atomic mass is 9.97. The zero-order valence-corrected chi connectivity index (χ0v) is 21.0. The zero-order valence-electron chi connectivity index (χ0n) is 20.1. The van der Waals surface area contributed by atoms with E-state index in [0.717, 1.165) is 30.6 Å². The molecule has 1 heterocycles. The second-order valence-corrected chi connectivity index (χ2v) is 10.6. The maximum Gasteiger partial charge on any atom is 0.337 e. The predicted octanol–water partition coefficient (Wildman–Crippen LogP) is 4.59. The number of aromatic carboxylic acids is 1. The first kappa shape index (κ1) is 25.0. The van der Waals surface area contributed by atoms with E-state index in [-0.39, 0.29) is 29.5 Å². The third kappa shape index (κ3) is 6.54. The molecule has 35 heavy (non-hydrogen) atoms. The molecule has 188 valence electrons. The van der Waals surface area contributed by atoms with Crippen LogP contribution in [0.25, 0.3) is 0 Å². The average Bonchev–Trinajstić information content (AvgIpc) is 3.28. The van der Waals surface area contributed by atoms with Gasteiger partial charge in [0, 0.05) is 17.0 Å². The summed E-state index contributed by atoms with van der Waals surface area (Å²) in [7, 11) is 1.53. The quantitative estimate of drug-likeness (QED) is 0.359. The third-order valence-corrected chi connectivity index (χ3v) is 7.96. The number of benzene rings is 1. The number of carbonyl (C=O) groups excluding carboxylic acids is 2. The van der Waals surface area contributed by atoms with E-state index in [2.05, 4.69) is 16.0 Å². The number of amides is 2. The first-order valence-corrected chi connectivity index (χ1v) is 13.0. The minimum atomic E-state index is -1.04. The van der Waals surface area contributed by atoms with Crippen molar-refractivity contribution >= 4 is 34.8 Å². The van der Waals surface area contributed by atoms with E-state index >= 15 is 0 Å². The summed E-state index contributed by atoms with van der Waals surface area (Å²) < 4.78 is 5.23. The Bertz CT molecular complexity index is 1070. The average molecular weight is 500 g/mol. The number of methoxy groups -OCH3 is 1. The molecule has 0 radical (unpaired) electrons. The molecule has 0 bridgehead atoms. The van der Waals surface area contributed by atoms with Crippen LogP contribution in [0.1, 0.15) is 82.8 Å². The largest absolute Gasteiger partial charge is 0.497 e. The molecule has 2 unspecified atom stereocenters. The Morgan fingerprint density at radius 1 is 1.11 bits per heavy atom. The van der Waals surface area contributed by atoms with Crippen molar-refractivity contribution in [3.63, 3.8) is 0 Å². The Hall–Kier alpha value is -3.07. The molecule has 1 aromatic heterocycles. The molecule has 0 spiro atoms. The molecule has 2 aliphatic rings. The molecule has 4 N–H and O–H groups in total. The van der Waals surface area contributed by atoms with Gasteiger partial charge >= 0.3 is 5.97 Å². The van der Waals surface area contributed by atoms with Gasteiger partial charge in [-0.05, 0) is 56.4 Å². The molecule has 2 aliphatic carbocycles. The van der Waals surface area contributed by atoms with Gasteiger partial charge in [-0.15, -0.1) is 11.3 Å². The Kier molecular flexibility index (Phi) is 7.95.